The van der Waals surface area contributed by atoms with Gasteiger partial charge in [-0.1, -0.05) is 53.2 Å². The van der Waals surface area contributed by atoms with Crippen molar-refractivity contribution >= 4 is 17.3 Å². The van der Waals surface area contributed by atoms with Crippen LogP contribution < -0.4 is 4.74 Å². The zero-order valence-electron chi connectivity index (χ0n) is 15.4. The molecule has 150 valence electrons. The maximum atomic E-state index is 12.7. The van der Waals surface area contributed by atoms with Crippen molar-refractivity contribution in [2.24, 2.45) is 5.16 Å². The van der Waals surface area contributed by atoms with E-state index in [9.17, 15) is 13.2 Å². The SMILES string of the molecule is CO/N=C(/c1ccc(Cl)cc1)c1ccccc1COc1ccc(C(F)(F)F)cc1. The standard InChI is InChI=1S/C22H17ClF3NO2/c1-28-27-21(15-6-10-18(23)11-7-15)20-5-3-2-4-16(20)14-29-19-12-8-17(9-13-19)22(24,25)26/h2-13H,14H2,1H3/b27-21-. The van der Waals surface area contributed by atoms with Gasteiger partial charge in [0.1, 0.15) is 25.2 Å². The Morgan fingerprint density at radius 1 is 0.931 bits per heavy atom. The lowest BCUT2D eigenvalue weighted by Gasteiger charge is -2.14. The molecule has 0 fully saturated rings. The molecular weight excluding hydrogens is 403 g/mol. The summed E-state index contributed by atoms with van der Waals surface area (Å²) in [5.74, 6) is 0.338. The van der Waals surface area contributed by atoms with Crippen LogP contribution in [0.2, 0.25) is 5.02 Å². The molecule has 0 aliphatic heterocycles. The fraction of sp³-hybridized carbons (Fsp3) is 0.136. The Bertz CT molecular complexity index is 984. The summed E-state index contributed by atoms with van der Waals surface area (Å²) in [6.07, 6.45) is -4.38. The van der Waals surface area contributed by atoms with Crippen molar-refractivity contribution < 1.29 is 22.7 Å². The average Bonchev–Trinajstić information content (AvgIpc) is 2.71. The van der Waals surface area contributed by atoms with Crippen molar-refractivity contribution in [3.8, 4) is 5.75 Å². The molecule has 0 saturated heterocycles. The Hall–Kier alpha value is -2.99. The van der Waals surface area contributed by atoms with E-state index in [1.165, 1.54) is 19.2 Å². The van der Waals surface area contributed by atoms with E-state index in [0.717, 1.165) is 28.8 Å². The molecule has 3 nitrogen and oxygen atoms in total. The first kappa shape index (κ1) is 20.7. The molecule has 0 amide bonds. The highest BCUT2D eigenvalue weighted by Crippen LogP contribution is 2.30. The largest absolute Gasteiger partial charge is 0.489 e. The first-order chi connectivity index (χ1) is 13.9. The predicted octanol–water partition coefficient (Wildman–Crippen LogP) is 6.34. The van der Waals surface area contributed by atoms with E-state index < -0.39 is 11.7 Å². The molecule has 0 aliphatic rings. The lowest BCUT2D eigenvalue weighted by atomic mass is 9.98. The Balaban J connectivity index is 1.84. The number of ether oxygens (including phenoxy) is 1. The maximum absolute atomic E-state index is 12.7. The number of oxime groups is 1. The minimum atomic E-state index is -4.38. The molecule has 3 aromatic rings. The van der Waals surface area contributed by atoms with Gasteiger partial charge in [-0.15, -0.1) is 0 Å². The summed E-state index contributed by atoms with van der Waals surface area (Å²) in [6, 6.07) is 19.2. The Morgan fingerprint density at radius 2 is 1.59 bits per heavy atom. The summed E-state index contributed by atoms with van der Waals surface area (Å²) >= 11 is 5.97. The van der Waals surface area contributed by atoms with Crippen LogP contribution in [0.5, 0.6) is 5.75 Å². The molecule has 0 N–H and O–H groups in total. The third kappa shape index (κ3) is 5.29. The topological polar surface area (TPSA) is 30.8 Å². The van der Waals surface area contributed by atoms with Crippen molar-refractivity contribution in [1.29, 1.82) is 0 Å². The van der Waals surface area contributed by atoms with Crippen LogP contribution in [0.25, 0.3) is 0 Å². The molecule has 0 radical (unpaired) electrons. The fourth-order valence-corrected chi connectivity index (χ4v) is 2.86. The Kier molecular flexibility index (Phi) is 6.44. The van der Waals surface area contributed by atoms with Gasteiger partial charge in [-0.25, -0.2) is 0 Å². The van der Waals surface area contributed by atoms with E-state index in [2.05, 4.69) is 5.16 Å². The Labute approximate surface area is 171 Å². The predicted molar refractivity (Wildman–Crippen MR) is 106 cm³/mol. The number of hydrogen-bond donors (Lipinski definition) is 0. The van der Waals surface area contributed by atoms with Crippen LogP contribution >= 0.6 is 11.6 Å². The number of nitrogens with zero attached hydrogens (tertiary/aromatic N) is 1. The van der Waals surface area contributed by atoms with Crippen LogP contribution in [0.4, 0.5) is 13.2 Å². The van der Waals surface area contributed by atoms with Crippen molar-refractivity contribution in [3.05, 3.63) is 100 Å². The van der Waals surface area contributed by atoms with Crippen molar-refractivity contribution in [1.82, 2.24) is 0 Å². The minimum absolute atomic E-state index is 0.151. The van der Waals surface area contributed by atoms with E-state index in [1.54, 1.807) is 12.1 Å². The summed E-state index contributed by atoms with van der Waals surface area (Å²) in [4.78, 5) is 5.01. The fourth-order valence-electron chi connectivity index (χ4n) is 2.73. The zero-order chi connectivity index (χ0) is 20.9. The quantitative estimate of drug-likeness (QED) is 0.345. The number of rotatable bonds is 6. The highest BCUT2D eigenvalue weighted by Gasteiger charge is 2.30. The van der Waals surface area contributed by atoms with Crippen molar-refractivity contribution in [2.45, 2.75) is 12.8 Å². The van der Waals surface area contributed by atoms with E-state index in [-0.39, 0.29) is 6.61 Å². The van der Waals surface area contributed by atoms with E-state index in [0.29, 0.717) is 16.5 Å². The van der Waals surface area contributed by atoms with Crippen molar-refractivity contribution in [3.63, 3.8) is 0 Å². The summed E-state index contributed by atoms with van der Waals surface area (Å²) in [7, 11) is 1.46. The summed E-state index contributed by atoms with van der Waals surface area (Å²) in [5.41, 5.74) is 2.26. The number of halogens is 4. The minimum Gasteiger partial charge on any atom is -0.489 e. The van der Waals surface area contributed by atoms with Gasteiger partial charge in [0.15, 0.2) is 0 Å². The average molecular weight is 420 g/mol. The third-order valence-electron chi connectivity index (χ3n) is 4.15. The molecule has 0 saturated carbocycles. The van der Waals surface area contributed by atoms with Gasteiger partial charge in [0.25, 0.3) is 0 Å². The summed E-state index contributed by atoms with van der Waals surface area (Å²) in [5, 5.41) is 4.74. The van der Waals surface area contributed by atoms with Crippen LogP contribution in [0, 0.1) is 0 Å². The van der Waals surface area contributed by atoms with Gasteiger partial charge < -0.3 is 9.57 Å². The molecular formula is C22H17ClF3NO2. The van der Waals surface area contributed by atoms with Gasteiger partial charge in [-0.2, -0.15) is 13.2 Å². The lowest BCUT2D eigenvalue weighted by molar-refractivity contribution is -0.137. The van der Waals surface area contributed by atoms with Crippen LogP contribution in [0.3, 0.4) is 0 Å². The van der Waals surface area contributed by atoms with Gasteiger partial charge in [-0.05, 0) is 42.0 Å². The van der Waals surface area contributed by atoms with Crippen LogP contribution in [0.15, 0.2) is 78.0 Å². The molecule has 7 heteroatoms. The highest BCUT2D eigenvalue weighted by atomic mass is 35.5. The van der Waals surface area contributed by atoms with Gasteiger partial charge >= 0.3 is 6.18 Å². The lowest BCUT2D eigenvalue weighted by Crippen LogP contribution is -2.10. The smallest absolute Gasteiger partial charge is 0.416 e. The molecule has 29 heavy (non-hydrogen) atoms. The van der Waals surface area contributed by atoms with Gasteiger partial charge in [-0.3, -0.25) is 0 Å². The molecule has 0 unspecified atom stereocenters. The van der Waals surface area contributed by atoms with E-state index in [4.69, 9.17) is 21.2 Å². The Morgan fingerprint density at radius 3 is 2.21 bits per heavy atom. The monoisotopic (exact) mass is 419 g/mol. The molecule has 3 rings (SSSR count). The number of hydrogen-bond acceptors (Lipinski definition) is 3. The van der Waals surface area contributed by atoms with Gasteiger partial charge in [0.05, 0.1) is 5.56 Å². The number of benzene rings is 3. The normalized spacial score (nSPS) is 12.0. The highest BCUT2D eigenvalue weighted by molar-refractivity contribution is 6.30. The molecule has 0 aliphatic carbocycles. The van der Waals surface area contributed by atoms with Crippen molar-refractivity contribution in [2.75, 3.05) is 7.11 Å². The second-order valence-electron chi connectivity index (χ2n) is 6.10. The first-order valence-electron chi connectivity index (χ1n) is 8.64. The summed E-state index contributed by atoms with van der Waals surface area (Å²) in [6.45, 7) is 0.151. The first-order valence-corrected chi connectivity index (χ1v) is 9.01. The van der Waals surface area contributed by atoms with Crippen LogP contribution in [-0.4, -0.2) is 12.8 Å². The second-order valence-corrected chi connectivity index (χ2v) is 6.53. The molecule has 0 heterocycles. The van der Waals surface area contributed by atoms with Gasteiger partial charge in [0, 0.05) is 16.1 Å². The summed E-state index contributed by atoms with van der Waals surface area (Å²) < 4.78 is 43.8. The molecule has 0 aromatic heterocycles. The van der Waals surface area contributed by atoms with Gasteiger partial charge in [0.2, 0.25) is 0 Å². The van der Waals surface area contributed by atoms with E-state index in [1.807, 2.05) is 36.4 Å². The second kappa shape index (κ2) is 9.01. The maximum Gasteiger partial charge on any atom is 0.416 e. The van der Waals surface area contributed by atoms with Crippen LogP contribution in [-0.2, 0) is 17.6 Å². The van der Waals surface area contributed by atoms with Crippen LogP contribution in [0.1, 0.15) is 22.3 Å². The number of alkyl halides is 3. The molecule has 0 bridgehead atoms. The molecule has 3 aromatic carbocycles. The zero-order valence-corrected chi connectivity index (χ0v) is 16.2. The molecule has 0 spiro atoms. The van der Waals surface area contributed by atoms with E-state index >= 15 is 0 Å². The molecule has 0 atom stereocenters. The third-order valence-corrected chi connectivity index (χ3v) is 4.40.